The maximum Gasteiger partial charge on any atom is 0.0801 e. The molecule has 98 valence electrons. The number of quaternary nitrogens is 1. The van der Waals surface area contributed by atoms with Crippen molar-refractivity contribution in [1.82, 2.24) is 4.90 Å². The van der Waals surface area contributed by atoms with Gasteiger partial charge in [0.2, 0.25) is 0 Å². The molecule has 0 unspecified atom stereocenters. The molecule has 0 aromatic carbocycles. The minimum atomic E-state index is 0.945. The minimum Gasteiger partial charge on any atom is -0.324 e. The fourth-order valence-electron chi connectivity index (χ4n) is 4.38. The molecule has 3 fully saturated rings. The first kappa shape index (κ1) is 12.0. The van der Waals surface area contributed by atoms with E-state index in [1.54, 1.807) is 0 Å². The van der Waals surface area contributed by atoms with Gasteiger partial charge in [0.15, 0.2) is 0 Å². The van der Waals surface area contributed by atoms with Gasteiger partial charge in [-0.05, 0) is 45.2 Å². The van der Waals surface area contributed by atoms with Crippen molar-refractivity contribution in [3.63, 3.8) is 0 Å². The Bertz CT molecular complexity index is 229. The predicted octanol–water partition coefficient (Wildman–Crippen LogP) is 2.64. The maximum absolute atomic E-state index is 2.81. The smallest absolute Gasteiger partial charge is 0.0801 e. The second kappa shape index (κ2) is 5.27. The summed E-state index contributed by atoms with van der Waals surface area (Å²) in [7, 11) is 0. The van der Waals surface area contributed by atoms with E-state index in [2.05, 4.69) is 4.90 Å². The summed E-state index contributed by atoms with van der Waals surface area (Å²) >= 11 is 0. The van der Waals surface area contributed by atoms with E-state index in [4.69, 9.17) is 0 Å². The van der Waals surface area contributed by atoms with E-state index in [1.165, 1.54) is 95.1 Å². The van der Waals surface area contributed by atoms with Crippen LogP contribution in [0.25, 0.3) is 0 Å². The van der Waals surface area contributed by atoms with Gasteiger partial charge in [-0.15, -0.1) is 0 Å². The summed E-state index contributed by atoms with van der Waals surface area (Å²) < 4.78 is 1.49. The van der Waals surface area contributed by atoms with Gasteiger partial charge in [-0.2, -0.15) is 0 Å². The average molecular weight is 237 g/mol. The Hall–Kier alpha value is -0.0800. The van der Waals surface area contributed by atoms with Crippen LogP contribution in [-0.2, 0) is 0 Å². The molecule has 3 rings (SSSR count). The van der Waals surface area contributed by atoms with Crippen LogP contribution in [0.1, 0.15) is 51.4 Å². The van der Waals surface area contributed by atoms with Crippen molar-refractivity contribution in [3.05, 3.63) is 0 Å². The van der Waals surface area contributed by atoms with Crippen LogP contribution in [0.2, 0.25) is 0 Å². The van der Waals surface area contributed by atoms with Gasteiger partial charge in [0.25, 0.3) is 0 Å². The molecular weight excluding hydrogens is 208 g/mol. The zero-order valence-electron chi connectivity index (χ0n) is 11.4. The maximum atomic E-state index is 2.81. The first-order chi connectivity index (χ1) is 8.38. The lowest BCUT2D eigenvalue weighted by molar-refractivity contribution is -0.937. The number of hydrogen-bond acceptors (Lipinski definition) is 1. The molecule has 2 heteroatoms. The van der Waals surface area contributed by atoms with Crippen LogP contribution >= 0.6 is 0 Å². The highest BCUT2D eigenvalue weighted by atomic mass is 15.4. The molecule has 0 radical (unpaired) electrons. The fourth-order valence-corrected chi connectivity index (χ4v) is 4.38. The van der Waals surface area contributed by atoms with E-state index in [9.17, 15) is 0 Å². The van der Waals surface area contributed by atoms with Gasteiger partial charge in [0.05, 0.1) is 26.2 Å². The van der Waals surface area contributed by atoms with E-state index >= 15 is 0 Å². The Balaban J connectivity index is 1.52. The van der Waals surface area contributed by atoms with Crippen molar-refractivity contribution in [1.29, 1.82) is 0 Å². The Morgan fingerprint density at radius 2 is 1.24 bits per heavy atom. The monoisotopic (exact) mass is 237 g/mol. The predicted molar refractivity (Wildman–Crippen MR) is 72.0 cm³/mol. The molecule has 3 aliphatic heterocycles. The minimum absolute atomic E-state index is 0.945. The van der Waals surface area contributed by atoms with Crippen LogP contribution < -0.4 is 0 Å². The largest absolute Gasteiger partial charge is 0.324 e. The average Bonchev–Trinajstić information content (AvgIpc) is 2.42. The molecule has 0 aromatic rings. The highest BCUT2D eigenvalue weighted by Crippen LogP contribution is 2.28. The fraction of sp³-hybridized carbons (Fsp3) is 1.00. The lowest BCUT2D eigenvalue weighted by atomic mass is 9.95. The van der Waals surface area contributed by atoms with E-state index < -0.39 is 0 Å². The zero-order chi connectivity index (χ0) is 11.6. The van der Waals surface area contributed by atoms with E-state index in [1.807, 2.05) is 0 Å². The molecule has 0 aromatic heterocycles. The van der Waals surface area contributed by atoms with Crippen molar-refractivity contribution in [2.24, 2.45) is 0 Å². The molecule has 0 N–H and O–H groups in total. The van der Waals surface area contributed by atoms with Gasteiger partial charge in [0.1, 0.15) is 0 Å². The lowest BCUT2D eigenvalue weighted by Gasteiger charge is -2.48. The summed E-state index contributed by atoms with van der Waals surface area (Å²) in [6, 6.07) is 0.945. The van der Waals surface area contributed by atoms with E-state index in [-0.39, 0.29) is 0 Å². The number of rotatable bonds is 1. The van der Waals surface area contributed by atoms with Gasteiger partial charge in [-0.1, -0.05) is 6.42 Å². The first-order valence-corrected chi connectivity index (χ1v) is 7.97. The Morgan fingerprint density at radius 1 is 0.647 bits per heavy atom. The molecule has 0 bridgehead atoms. The third-order valence-electron chi connectivity index (χ3n) is 5.55. The molecule has 3 heterocycles. The Morgan fingerprint density at radius 3 is 1.88 bits per heavy atom. The third kappa shape index (κ3) is 2.68. The third-order valence-corrected chi connectivity index (χ3v) is 5.55. The van der Waals surface area contributed by atoms with Gasteiger partial charge >= 0.3 is 0 Å². The van der Waals surface area contributed by atoms with Gasteiger partial charge < -0.3 is 4.48 Å². The topological polar surface area (TPSA) is 3.24 Å². The van der Waals surface area contributed by atoms with Crippen molar-refractivity contribution >= 4 is 0 Å². The van der Waals surface area contributed by atoms with Crippen molar-refractivity contribution in [2.75, 3.05) is 39.3 Å². The summed E-state index contributed by atoms with van der Waals surface area (Å²) in [5.74, 6) is 0. The van der Waals surface area contributed by atoms with Gasteiger partial charge in [-0.25, -0.2) is 0 Å². The molecule has 0 saturated carbocycles. The standard InChI is InChI=1S/C15H29N2/c1-3-9-16(10-4-1)15-7-13-17(14-8-15)11-5-2-6-12-17/h15H,1-14H2/q+1. The summed E-state index contributed by atoms with van der Waals surface area (Å²) in [6.07, 6.45) is 11.8. The summed E-state index contributed by atoms with van der Waals surface area (Å²) in [5.41, 5.74) is 0. The van der Waals surface area contributed by atoms with Crippen LogP contribution in [0.3, 0.4) is 0 Å². The van der Waals surface area contributed by atoms with Crippen LogP contribution in [0.4, 0.5) is 0 Å². The highest BCUT2D eigenvalue weighted by molar-refractivity contribution is 4.78. The normalized spacial score (nSPS) is 31.8. The quantitative estimate of drug-likeness (QED) is 0.634. The highest BCUT2D eigenvalue weighted by Gasteiger charge is 2.36. The van der Waals surface area contributed by atoms with Gasteiger partial charge in [0, 0.05) is 18.9 Å². The summed E-state index contributed by atoms with van der Waals surface area (Å²) in [5, 5.41) is 0. The van der Waals surface area contributed by atoms with Crippen LogP contribution in [0.5, 0.6) is 0 Å². The number of nitrogens with zero attached hydrogens (tertiary/aromatic N) is 2. The molecular formula is C15H29N2+. The first-order valence-electron chi connectivity index (χ1n) is 7.97. The molecule has 0 atom stereocenters. The van der Waals surface area contributed by atoms with Crippen LogP contribution in [-0.4, -0.2) is 54.7 Å². The van der Waals surface area contributed by atoms with Crippen molar-refractivity contribution in [3.8, 4) is 0 Å². The van der Waals surface area contributed by atoms with Crippen molar-refractivity contribution < 1.29 is 4.48 Å². The van der Waals surface area contributed by atoms with E-state index in [0.717, 1.165) is 6.04 Å². The van der Waals surface area contributed by atoms with Gasteiger partial charge in [-0.3, -0.25) is 4.90 Å². The second-order valence-electron chi connectivity index (χ2n) is 6.62. The molecule has 3 saturated heterocycles. The molecule has 1 spiro atoms. The SMILES string of the molecule is C1CCN(C2CC[N+]3(CCCCC3)CC2)CC1. The molecule has 0 amide bonds. The summed E-state index contributed by atoms with van der Waals surface area (Å²) in [4.78, 5) is 2.81. The number of likely N-dealkylation sites (tertiary alicyclic amines) is 1. The van der Waals surface area contributed by atoms with Crippen LogP contribution in [0, 0.1) is 0 Å². The molecule has 17 heavy (non-hydrogen) atoms. The van der Waals surface area contributed by atoms with Crippen molar-refractivity contribution in [2.45, 2.75) is 57.4 Å². The Labute approximate surface area is 107 Å². The lowest BCUT2D eigenvalue weighted by Crippen LogP contribution is -2.58. The number of hydrogen-bond donors (Lipinski definition) is 0. The summed E-state index contributed by atoms with van der Waals surface area (Å²) in [6.45, 7) is 8.75. The molecule has 3 aliphatic rings. The number of piperidine rings is 3. The molecule has 0 aliphatic carbocycles. The Kier molecular flexibility index (Phi) is 3.72. The second-order valence-corrected chi connectivity index (χ2v) is 6.62. The van der Waals surface area contributed by atoms with E-state index in [0.29, 0.717) is 0 Å². The molecule has 2 nitrogen and oxygen atoms in total. The zero-order valence-corrected chi connectivity index (χ0v) is 11.4. The van der Waals surface area contributed by atoms with Crippen LogP contribution in [0.15, 0.2) is 0 Å².